The Labute approximate surface area is 62.7 Å². The van der Waals surface area contributed by atoms with E-state index in [1.165, 1.54) is 0 Å². The molecule has 0 saturated carbocycles. The van der Waals surface area contributed by atoms with Crippen molar-refractivity contribution in [1.29, 1.82) is 0 Å². The van der Waals surface area contributed by atoms with Crippen LogP contribution in [0.4, 0.5) is 0 Å². The van der Waals surface area contributed by atoms with Crippen LogP contribution in [0.2, 0.25) is 0 Å². The van der Waals surface area contributed by atoms with Crippen LogP contribution in [0, 0.1) is 0 Å². The Morgan fingerprint density at radius 3 is 1.57 bits per heavy atom. The summed E-state index contributed by atoms with van der Waals surface area (Å²) < 4.78 is 8.26. The first-order valence-electron chi connectivity index (χ1n) is 0.949. The number of rotatable bonds is 0. The normalized spacial score (nSPS) is 9.00. The molecule has 0 rings (SSSR count). The van der Waals surface area contributed by atoms with Crippen LogP contribution in [0.3, 0.4) is 0 Å². The average Bonchev–Trinajstić information content (AvgIpc) is 1.36. The van der Waals surface area contributed by atoms with Crippen LogP contribution < -0.4 is 0 Å². The van der Waals surface area contributed by atoms with Crippen molar-refractivity contribution in [3.05, 3.63) is 0 Å². The molecule has 3 nitrogen and oxygen atoms in total. The van der Waals surface area contributed by atoms with Crippen LogP contribution in [-0.2, 0) is 35.0 Å². The van der Waals surface area contributed by atoms with Gasteiger partial charge in [0, 0.05) is 0 Å². The zero-order valence-corrected chi connectivity index (χ0v) is 7.63. The Kier molecular flexibility index (Phi) is 8.90. The van der Waals surface area contributed by atoms with E-state index in [2.05, 4.69) is 24.1 Å². The first-order chi connectivity index (χ1) is 3.00. The molecular formula is H3MoO3PS2. The zero-order chi connectivity index (χ0) is 6.50. The summed E-state index contributed by atoms with van der Waals surface area (Å²) in [5, 5.41) is 0. The maximum absolute atomic E-state index is 8.26. The summed E-state index contributed by atoms with van der Waals surface area (Å²) in [7, 11) is 0. The summed E-state index contributed by atoms with van der Waals surface area (Å²) in [6.07, 6.45) is 0. The van der Waals surface area contributed by atoms with Crippen molar-refractivity contribution in [2.45, 2.75) is 0 Å². The van der Waals surface area contributed by atoms with Gasteiger partial charge in [-0.2, -0.15) is 0 Å². The van der Waals surface area contributed by atoms with E-state index in [1.807, 2.05) is 0 Å². The number of hydrogen-bond donors (Lipinski definition) is 3. The van der Waals surface area contributed by atoms with Crippen LogP contribution in [0.5, 0.6) is 0 Å². The molecule has 7 heavy (non-hydrogen) atoms. The van der Waals surface area contributed by atoms with Crippen molar-refractivity contribution < 1.29 is 33.0 Å². The molecule has 0 aliphatic heterocycles. The summed E-state index contributed by atoms with van der Waals surface area (Å²) in [5.41, 5.74) is -3.11. The summed E-state index contributed by atoms with van der Waals surface area (Å²) in [6.45, 7) is 0. The molecule has 0 saturated heterocycles. The Bertz CT molecular complexity index is 68.7. The predicted molar refractivity (Wildman–Crippen MR) is 28.4 cm³/mol. The van der Waals surface area contributed by atoms with Crippen LogP contribution in [0.1, 0.15) is 0 Å². The average molecular weight is 242 g/mol. The van der Waals surface area contributed by atoms with E-state index in [9.17, 15) is 0 Å². The molecule has 0 aromatic carbocycles. The fourth-order valence-electron chi connectivity index (χ4n) is 0. The molecule has 0 bridgehead atoms. The van der Waals surface area contributed by atoms with Crippen molar-refractivity contribution in [3.8, 4) is 0 Å². The van der Waals surface area contributed by atoms with E-state index in [4.69, 9.17) is 13.2 Å². The Balaban J connectivity index is 0. The second-order valence-electron chi connectivity index (χ2n) is 0.513. The monoisotopic (exact) mass is 244 g/mol. The SMILES string of the molecule is OP(O)(=S)S.[O]=[Mo]. The molecule has 0 aliphatic carbocycles. The molecule has 0 aromatic heterocycles. The quantitative estimate of drug-likeness (QED) is 0.318. The van der Waals surface area contributed by atoms with Gasteiger partial charge in [0.15, 0.2) is 0 Å². The van der Waals surface area contributed by atoms with Gasteiger partial charge in [-0.25, -0.2) is 0 Å². The molecule has 44 valence electrons. The van der Waals surface area contributed by atoms with Crippen LogP contribution in [0.15, 0.2) is 0 Å². The minimum atomic E-state index is -3.11. The van der Waals surface area contributed by atoms with Crippen LogP contribution in [0.25, 0.3) is 0 Å². The predicted octanol–water partition coefficient (Wildman–Crippen LogP) is 0.00400. The Morgan fingerprint density at radius 1 is 1.57 bits per heavy atom. The Morgan fingerprint density at radius 2 is 1.57 bits per heavy atom. The molecule has 0 heterocycles. The van der Waals surface area contributed by atoms with Crippen LogP contribution >= 0.6 is 17.9 Å². The van der Waals surface area contributed by atoms with Gasteiger partial charge in [-0.3, -0.25) is 0 Å². The van der Waals surface area contributed by atoms with Gasteiger partial charge in [0.25, 0.3) is 0 Å². The van der Waals surface area contributed by atoms with E-state index in [1.54, 1.807) is 0 Å². The molecular weight excluding hydrogens is 239 g/mol. The van der Waals surface area contributed by atoms with Gasteiger partial charge >= 0.3 is 23.2 Å². The van der Waals surface area contributed by atoms with Gasteiger partial charge in [0.1, 0.15) is 0 Å². The summed E-state index contributed by atoms with van der Waals surface area (Å²) in [4.78, 5) is 15.7. The van der Waals surface area contributed by atoms with Crippen molar-refractivity contribution in [1.82, 2.24) is 0 Å². The number of hydrogen-bond acceptors (Lipinski definition) is 2. The third-order valence-electron chi connectivity index (χ3n) is 0. The Hall–Kier alpha value is 1.41. The molecule has 0 amide bonds. The fourth-order valence-corrected chi connectivity index (χ4v) is 0. The topological polar surface area (TPSA) is 57.5 Å². The van der Waals surface area contributed by atoms with E-state index in [0.29, 0.717) is 19.8 Å². The first-order valence-corrected chi connectivity index (χ1v) is 5.63. The van der Waals surface area contributed by atoms with Gasteiger partial charge in [0.05, 0.1) is 0 Å². The van der Waals surface area contributed by atoms with Gasteiger partial charge in [0.2, 0.25) is 5.69 Å². The molecule has 0 spiro atoms. The van der Waals surface area contributed by atoms with Gasteiger partial charge in [-0.05, 0) is 11.8 Å². The zero-order valence-electron chi connectivity index (χ0n) is 3.01. The van der Waals surface area contributed by atoms with Gasteiger partial charge in [-0.1, -0.05) is 12.2 Å². The standard InChI is InChI=1S/Mo.H3O2PS2.O/c;1-3(2,4)5;/h;(H3,1,2,4,5);. The van der Waals surface area contributed by atoms with Crippen molar-refractivity contribution in [2.75, 3.05) is 0 Å². The number of thiol groups is 1. The molecule has 0 aliphatic rings. The summed E-state index contributed by atoms with van der Waals surface area (Å²) in [5.74, 6) is 0. The van der Waals surface area contributed by atoms with Crippen LogP contribution in [-0.4, -0.2) is 9.79 Å². The molecule has 0 aromatic rings. The molecule has 0 atom stereocenters. The van der Waals surface area contributed by atoms with E-state index in [0.717, 1.165) is 0 Å². The first kappa shape index (κ1) is 11.2. The third kappa shape index (κ3) is 109. The molecule has 2 N–H and O–H groups in total. The van der Waals surface area contributed by atoms with E-state index in [-0.39, 0.29) is 0 Å². The van der Waals surface area contributed by atoms with E-state index >= 15 is 0 Å². The van der Waals surface area contributed by atoms with E-state index < -0.39 is 5.69 Å². The molecule has 0 radical (unpaired) electrons. The van der Waals surface area contributed by atoms with Gasteiger partial charge < -0.3 is 9.79 Å². The fraction of sp³-hybridized carbons (Fsp3) is 0. The molecule has 7 heteroatoms. The van der Waals surface area contributed by atoms with Crippen molar-refractivity contribution >= 4 is 29.7 Å². The minimum absolute atomic E-state index is 0.700. The third-order valence-corrected chi connectivity index (χ3v) is 0. The van der Waals surface area contributed by atoms with Crippen molar-refractivity contribution in [2.24, 2.45) is 0 Å². The summed E-state index contributed by atoms with van der Waals surface area (Å²) in [6, 6.07) is 0. The van der Waals surface area contributed by atoms with Gasteiger partial charge in [-0.15, -0.1) is 0 Å². The van der Waals surface area contributed by atoms with Crippen molar-refractivity contribution in [3.63, 3.8) is 0 Å². The molecule has 0 fully saturated rings. The second kappa shape index (κ2) is 5.54. The second-order valence-corrected chi connectivity index (χ2v) is 5.55. The summed E-state index contributed by atoms with van der Waals surface area (Å²) >= 11 is 7.77. The molecule has 0 unspecified atom stereocenters. The maximum atomic E-state index is 8.26.